The Hall–Kier alpha value is -1.94. The maximum atomic E-state index is 11.9. The van der Waals surface area contributed by atoms with E-state index < -0.39 is 0 Å². The van der Waals surface area contributed by atoms with Gasteiger partial charge in [-0.3, -0.25) is 4.79 Å². The van der Waals surface area contributed by atoms with Gasteiger partial charge in [0.05, 0.1) is 5.69 Å². The van der Waals surface area contributed by atoms with Gasteiger partial charge in [0.2, 0.25) is 0 Å². The average Bonchev–Trinajstić information content (AvgIpc) is 2.45. The molecule has 1 aromatic carbocycles. The van der Waals surface area contributed by atoms with Crippen molar-refractivity contribution in [2.45, 2.75) is 45.7 Å². The molecule has 1 aromatic heterocycles. The number of hydrogen-bond donors (Lipinski definition) is 2. The summed E-state index contributed by atoms with van der Waals surface area (Å²) in [5.41, 5.74) is 1.45. The predicted octanol–water partition coefficient (Wildman–Crippen LogP) is 2.59. The molecule has 0 fully saturated rings. The maximum Gasteiger partial charge on any atom is 0.251 e. The fraction of sp³-hybridized carbons (Fsp3) is 0.412. The largest absolute Gasteiger partial charge is 0.310 e. The van der Waals surface area contributed by atoms with E-state index in [0.29, 0.717) is 18.4 Å². The Kier molecular flexibility index (Phi) is 4.58. The molecule has 0 radical (unpaired) electrons. The molecule has 2 N–H and O–H groups in total. The molecule has 2 aromatic rings. The average molecular weight is 285 g/mol. The van der Waals surface area contributed by atoms with E-state index in [4.69, 9.17) is 0 Å². The van der Waals surface area contributed by atoms with Gasteiger partial charge >= 0.3 is 0 Å². The highest BCUT2D eigenvalue weighted by Gasteiger charge is 2.26. The van der Waals surface area contributed by atoms with E-state index in [-0.39, 0.29) is 11.0 Å². The highest BCUT2D eigenvalue weighted by Crippen LogP contribution is 2.27. The van der Waals surface area contributed by atoms with E-state index in [1.165, 1.54) is 0 Å². The number of aromatic amines is 1. The Morgan fingerprint density at radius 1 is 1.24 bits per heavy atom. The highest BCUT2D eigenvalue weighted by atomic mass is 16.1. The standard InChI is InChI=1S/C17H23N3O/c1-12(2)18-11-14-10-15(21)20-16(19-14)17(3,4)13-8-6-5-7-9-13/h5-10,12,18H,11H2,1-4H3,(H,19,20,21). The minimum absolute atomic E-state index is 0.107. The molecule has 0 unspecified atom stereocenters. The number of H-pyrrole nitrogens is 1. The summed E-state index contributed by atoms with van der Waals surface area (Å²) in [7, 11) is 0. The Bertz CT molecular complexity index is 645. The Labute approximate surface area is 125 Å². The minimum atomic E-state index is -0.339. The molecule has 0 bridgehead atoms. The van der Waals surface area contributed by atoms with Gasteiger partial charge in [0.15, 0.2) is 0 Å². The van der Waals surface area contributed by atoms with Gasteiger partial charge in [-0.05, 0) is 19.4 Å². The molecular formula is C17H23N3O. The zero-order valence-electron chi connectivity index (χ0n) is 13.1. The van der Waals surface area contributed by atoms with Crippen LogP contribution in [0.3, 0.4) is 0 Å². The molecule has 0 saturated carbocycles. The molecule has 112 valence electrons. The van der Waals surface area contributed by atoms with Gasteiger partial charge in [-0.1, -0.05) is 44.2 Å². The third kappa shape index (κ3) is 3.79. The summed E-state index contributed by atoms with van der Waals surface area (Å²) in [4.78, 5) is 19.4. The molecule has 2 rings (SSSR count). The van der Waals surface area contributed by atoms with Crippen LogP contribution in [0.4, 0.5) is 0 Å². The summed E-state index contributed by atoms with van der Waals surface area (Å²) in [5, 5.41) is 3.29. The van der Waals surface area contributed by atoms with Crippen LogP contribution in [0.15, 0.2) is 41.2 Å². The summed E-state index contributed by atoms with van der Waals surface area (Å²) in [6.07, 6.45) is 0. The Balaban J connectivity index is 2.37. The summed E-state index contributed by atoms with van der Waals surface area (Å²) in [6.45, 7) is 8.88. The lowest BCUT2D eigenvalue weighted by Crippen LogP contribution is -2.29. The van der Waals surface area contributed by atoms with Gasteiger partial charge in [-0.15, -0.1) is 0 Å². The predicted molar refractivity (Wildman–Crippen MR) is 85.4 cm³/mol. The lowest BCUT2D eigenvalue weighted by atomic mass is 9.84. The minimum Gasteiger partial charge on any atom is -0.310 e. The number of aromatic nitrogens is 2. The van der Waals surface area contributed by atoms with Crippen LogP contribution in [-0.4, -0.2) is 16.0 Å². The topological polar surface area (TPSA) is 57.8 Å². The SMILES string of the molecule is CC(C)NCc1cc(=O)[nH]c(C(C)(C)c2ccccc2)n1. The first kappa shape index (κ1) is 15.4. The van der Waals surface area contributed by atoms with Gasteiger partial charge in [0.25, 0.3) is 5.56 Å². The summed E-state index contributed by atoms with van der Waals surface area (Å²) < 4.78 is 0. The fourth-order valence-electron chi connectivity index (χ4n) is 2.19. The first-order valence-corrected chi connectivity index (χ1v) is 7.29. The van der Waals surface area contributed by atoms with Crippen LogP contribution in [0.25, 0.3) is 0 Å². The second kappa shape index (κ2) is 6.22. The van der Waals surface area contributed by atoms with E-state index in [9.17, 15) is 4.79 Å². The Morgan fingerprint density at radius 2 is 1.90 bits per heavy atom. The quantitative estimate of drug-likeness (QED) is 0.888. The van der Waals surface area contributed by atoms with Crippen molar-refractivity contribution in [1.29, 1.82) is 0 Å². The van der Waals surface area contributed by atoms with Crippen molar-refractivity contribution in [2.24, 2.45) is 0 Å². The normalized spacial score (nSPS) is 11.9. The zero-order chi connectivity index (χ0) is 15.5. The number of nitrogens with one attached hydrogen (secondary N) is 2. The van der Waals surface area contributed by atoms with E-state index >= 15 is 0 Å². The highest BCUT2D eigenvalue weighted by molar-refractivity contribution is 5.30. The number of benzene rings is 1. The second-order valence-corrected chi connectivity index (χ2v) is 6.11. The number of hydrogen-bond acceptors (Lipinski definition) is 3. The van der Waals surface area contributed by atoms with Crippen molar-refractivity contribution in [2.75, 3.05) is 0 Å². The molecule has 4 heteroatoms. The van der Waals surface area contributed by atoms with Crippen molar-refractivity contribution in [3.05, 3.63) is 63.8 Å². The Morgan fingerprint density at radius 3 is 2.52 bits per heavy atom. The fourth-order valence-corrected chi connectivity index (χ4v) is 2.19. The summed E-state index contributed by atoms with van der Waals surface area (Å²) in [5.74, 6) is 0.696. The van der Waals surface area contributed by atoms with Crippen LogP contribution >= 0.6 is 0 Å². The maximum absolute atomic E-state index is 11.9. The first-order valence-electron chi connectivity index (χ1n) is 7.29. The van der Waals surface area contributed by atoms with Crippen LogP contribution in [0, 0.1) is 0 Å². The first-order chi connectivity index (χ1) is 9.89. The van der Waals surface area contributed by atoms with E-state index in [1.807, 2.05) is 18.2 Å². The van der Waals surface area contributed by atoms with Crippen molar-refractivity contribution in [3.63, 3.8) is 0 Å². The van der Waals surface area contributed by atoms with Gasteiger partial charge in [-0.25, -0.2) is 4.98 Å². The van der Waals surface area contributed by atoms with E-state index in [1.54, 1.807) is 6.07 Å². The molecule has 0 saturated heterocycles. The number of nitrogens with zero attached hydrogens (tertiary/aromatic N) is 1. The molecule has 1 heterocycles. The molecule has 0 aliphatic rings. The van der Waals surface area contributed by atoms with Crippen molar-refractivity contribution >= 4 is 0 Å². The molecule has 21 heavy (non-hydrogen) atoms. The summed E-state index contributed by atoms with van der Waals surface area (Å²) in [6, 6.07) is 12.0. The van der Waals surface area contributed by atoms with E-state index in [0.717, 1.165) is 11.3 Å². The molecule has 4 nitrogen and oxygen atoms in total. The van der Waals surface area contributed by atoms with Crippen molar-refractivity contribution < 1.29 is 0 Å². The lowest BCUT2D eigenvalue weighted by molar-refractivity contribution is 0.555. The third-order valence-electron chi connectivity index (χ3n) is 3.57. The molecule has 0 atom stereocenters. The zero-order valence-corrected chi connectivity index (χ0v) is 13.1. The van der Waals surface area contributed by atoms with Crippen molar-refractivity contribution in [3.8, 4) is 0 Å². The summed E-state index contributed by atoms with van der Waals surface area (Å²) >= 11 is 0. The molecule has 0 amide bonds. The van der Waals surface area contributed by atoms with Crippen LogP contribution in [-0.2, 0) is 12.0 Å². The van der Waals surface area contributed by atoms with Crippen LogP contribution in [0.1, 0.15) is 44.8 Å². The molecule has 0 spiro atoms. The number of rotatable bonds is 5. The van der Waals surface area contributed by atoms with Crippen LogP contribution in [0.2, 0.25) is 0 Å². The molecular weight excluding hydrogens is 262 g/mol. The third-order valence-corrected chi connectivity index (χ3v) is 3.57. The monoisotopic (exact) mass is 285 g/mol. The van der Waals surface area contributed by atoms with Crippen molar-refractivity contribution in [1.82, 2.24) is 15.3 Å². The molecule has 0 aliphatic carbocycles. The van der Waals surface area contributed by atoms with Gasteiger partial charge in [0, 0.05) is 24.1 Å². The van der Waals surface area contributed by atoms with Crippen LogP contribution in [0.5, 0.6) is 0 Å². The molecule has 0 aliphatic heterocycles. The van der Waals surface area contributed by atoms with Gasteiger partial charge in [0.1, 0.15) is 5.82 Å². The van der Waals surface area contributed by atoms with Gasteiger partial charge in [-0.2, -0.15) is 0 Å². The smallest absolute Gasteiger partial charge is 0.251 e. The van der Waals surface area contributed by atoms with Gasteiger partial charge < -0.3 is 10.3 Å². The van der Waals surface area contributed by atoms with Crippen LogP contribution < -0.4 is 10.9 Å². The van der Waals surface area contributed by atoms with E-state index in [2.05, 4.69) is 55.1 Å². The lowest BCUT2D eigenvalue weighted by Gasteiger charge is -2.24. The second-order valence-electron chi connectivity index (χ2n) is 6.11.